The van der Waals surface area contributed by atoms with Crippen LogP contribution in [0, 0.1) is 13.8 Å². The number of carbonyl (C=O) groups excluding carboxylic acids is 2. The minimum Gasteiger partial charge on any atom is -0.493 e. The van der Waals surface area contributed by atoms with Gasteiger partial charge in [0.15, 0.2) is 0 Å². The number of nitrogens with one attached hydrogen (secondary N) is 2. The number of aryl methyl sites for hydroxylation is 3. The highest BCUT2D eigenvalue weighted by Gasteiger charge is 2.20. The number of likely N-dealkylation sites (tertiary alicyclic amines) is 1. The number of amides is 2. The molecule has 0 spiro atoms. The Kier molecular flexibility index (Phi) is 13.2. The number of hydrogen-bond acceptors (Lipinski definition) is 8. The van der Waals surface area contributed by atoms with Crippen LogP contribution in [-0.2, 0) is 11.2 Å². The average molecular weight is 679 g/mol. The van der Waals surface area contributed by atoms with Crippen LogP contribution in [0.15, 0.2) is 72.9 Å². The van der Waals surface area contributed by atoms with Gasteiger partial charge in [0.1, 0.15) is 17.1 Å². The Morgan fingerprint density at radius 1 is 0.900 bits per heavy atom. The maximum Gasteiger partial charge on any atom is 0.262 e. The van der Waals surface area contributed by atoms with Gasteiger partial charge < -0.3 is 29.9 Å². The molecule has 0 unspecified atom stereocenters. The second-order valence-corrected chi connectivity index (χ2v) is 12.7. The molecular formula is C40H50N6O4. The molecule has 4 aromatic rings. The highest BCUT2D eigenvalue weighted by atomic mass is 16.5. The summed E-state index contributed by atoms with van der Waals surface area (Å²) in [6, 6.07) is 21.1. The van der Waals surface area contributed by atoms with Crippen LogP contribution in [0.4, 0.5) is 17.3 Å². The van der Waals surface area contributed by atoms with E-state index < -0.39 is 0 Å². The highest BCUT2D eigenvalue weighted by molar-refractivity contribution is 6.06. The van der Waals surface area contributed by atoms with Crippen molar-refractivity contribution in [2.24, 2.45) is 0 Å². The second-order valence-electron chi connectivity index (χ2n) is 12.7. The maximum absolute atomic E-state index is 13.7. The van der Waals surface area contributed by atoms with Gasteiger partial charge in [0, 0.05) is 49.7 Å². The zero-order valence-electron chi connectivity index (χ0n) is 29.8. The van der Waals surface area contributed by atoms with Gasteiger partial charge in [-0.15, -0.1) is 0 Å². The molecule has 1 saturated heterocycles. The molecule has 10 nitrogen and oxygen atoms in total. The van der Waals surface area contributed by atoms with E-state index in [2.05, 4.69) is 25.5 Å². The molecule has 0 aliphatic carbocycles. The van der Waals surface area contributed by atoms with Crippen LogP contribution >= 0.6 is 0 Å². The van der Waals surface area contributed by atoms with Crippen LogP contribution in [0.3, 0.4) is 0 Å². The molecule has 2 amide bonds. The lowest BCUT2D eigenvalue weighted by Crippen LogP contribution is -2.31. The van der Waals surface area contributed by atoms with Gasteiger partial charge >= 0.3 is 0 Å². The molecule has 264 valence electrons. The van der Waals surface area contributed by atoms with Gasteiger partial charge in [0.25, 0.3) is 5.91 Å². The van der Waals surface area contributed by atoms with Crippen molar-refractivity contribution in [3.05, 3.63) is 95.2 Å². The fraction of sp³-hybridized carbons (Fsp3) is 0.400. The van der Waals surface area contributed by atoms with Crippen molar-refractivity contribution in [3.8, 4) is 17.4 Å². The summed E-state index contributed by atoms with van der Waals surface area (Å²) in [7, 11) is 0. The van der Waals surface area contributed by atoms with E-state index in [0.29, 0.717) is 38.3 Å². The van der Waals surface area contributed by atoms with Crippen LogP contribution < -0.4 is 20.1 Å². The average Bonchev–Trinajstić information content (AvgIpc) is 3.12. The van der Waals surface area contributed by atoms with Gasteiger partial charge in [-0.25, -0.2) is 4.98 Å². The highest BCUT2D eigenvalue weighted by Crippen LogP contribution is 2.29. The summed E-state index contributed by atoms with van der Waals surface area (Å²) in [5, 5.41) is 6.28. The first kappa shape index (κ1) is 36.3. The van der Waals surface area contributed by atoms with E-state index in [0.717, 1.165) is 46.8 Å². The van der Waals surface area contributed by atoms with Crippen molar-refractivity contribution in [2.45, 2.75) is 66.2 Å². The normalized spacial score (nSPS) is 13.0. The molecule has 0 radical (unpaired) electrons. The molecule has 1 fully saturated rings. The Balaban J connectivity index is 1.32. The molecule has 10 heteroatoms. The lowest BCUT2D eigenvalue weighted by atomic mass is 10.1. The van der Waals surface area contributed by atoms with Crippen molar-refractivity contribution in [3.63, 3.8) is 0 Å². The topological polar surface area (TPSA) is 109 Å². The van der Waals surface area contributed by atoms with Crippen molar-refractivity contribution in [1.82, 2.24) is 19.8 Å². The van der Waals surface area contributed by atoms with Crippen LogP contribution in [0.2, 0.25) is 0 Å². The van der Waals surface area contributed by atoms with E-state index in [-0.39, 0.29) is 29.2 Å². The molecule has 0 saturated carbocycles. The number of anilines is 3. The number of carbonyl (C=O) groups is 2. The van der Waals surface area contributed by atoms with Gasteiger partial charge in [0.05, 0.1) is 6.61 Å². The van der Waals surface area contributed by atoms with E-state index >= 15 is 0 Å². The quantitative estimate of drug-likeness (QED) is 0.115. The summed E-state index contributed by atoms with van der Waals surface area (Å²) in [6.45, 7) is 13.3. The number of aromatic nitrogens is 2. The van der Waals surface area contributed by atoms with Crippen molar-refractivity contribution < 1.29 is 19.1 Å². The monoisotopic (exact) mass is 678 g/mol. The molecule has 2 heterocycles. The number of benzene rings is 3. The van der Waals surface area contributed by atoms with E-state index in [1.165, 1.54) is 38.5 Å². The Hall–Kier alpha value is -4.96. The molecular weight excluding hydrogens is 628 g/mol. The zero-order chi connectivity index (χ0) is 35.3. The summed E-state index contributed by atoms with van der Waals surface area (Å²) in [5.41, 5.74) is 4.51. The summed E-state index contributed by atoms with van der Waals surface area (Å²) >= 11 is 0. The first-order valence-corrected chi connectivity index (χ1v) is 17.8. The smallest absolute Gasteiger partial charge is 0.262 e. The van der Waals surface area contributed by atoms with E-state index in [4.69, 9.17) is 9.47 Å². The Morgan fingerprint density at radius 3 is 2.38 bits per heavy atom. The minimum absolute atomic E-state index is 0.104. The maximum atomic E-state index is 13.7. The lowest BCUT2D eigenvalue weighted by Gasteiger charge is -2.26. The lowest BCUT2D eigenvalue weighted by molar-refractivity contribution is -0.130. The summed E-state index contributed by atoms with van der Waals surface area (Å²) in [4.78, 5) is 39.8. The first-order chi connectivity index (χ1) is 24.3. The van der Waals surface area contributed by atoms with Crippen LogP contribution in [0.5, 0.6) is 17.4 Å². The largest absolute Gasteiger partial charge is 0.493 e. The minimum atomic E-state index is -0.384. The van der Waals surface area contributed by atoms with Gasteiger partial charge in [-0.1, -0.05) is 42.8 Å². The first-order valence-electron chi connectivity index (χ1n) is 17.8. The fourth-order valence-corrected chi connectivity index (χ4v) is 6.17. The van der Waals surface area contributed by atoms with Crippen LogP contribution in [0.25, 0.3) is 0 Å². The van der Waals surface area contributed by atoms with Crippen molar-refractivity contribution in [2.75, 3.05) is 50.0 Å². The molecule has 0 bridgehead atoms. The molecule has 1 aliphatic rings. The van der Waals surface area contributed by atoms with Crippen molar-refractivity contribution >= 4 is 29.1 Å². The van der Waals surface area contributed by atoms with E-state index in [9.17, 15) is 9.59 Å². The SMILES string of the molecule is CCN(CC)C(=O)CCc1cccc(Oc2nc(Nc3cccc(OCCCN4CCCCC4)c3)ncc2C(=O)Nc2c(C)cccc2C)c1. The molecule has 1 aromatic heterocycles. The molecule has 5 rings (SSSR count). The third-order valence-electron chi connectivity index (χ3n) is 9.00. The van der Waals surface area contributed by atoms with Gasteiger partial charge in [-0.3, -0.25) is 9.59 Å². The Bertz CT molecular complexity index is 1710. The van der Waals surface area contributed by atoms with Gasteiger partial charge in [-0.2, -0.15) is 4.98 Å². The second kappa shape index (κ2) is 18.2. The number of piperidine rings is 1. The predicted octanol–water partition coefficient (Wildman–Crippen LogP) is 7.94. The van der Waals surface area contributed by atoms with E-state index in [1.54, 1.807) is 0 Å². The van der Waals surface area contributed by atoms with Crippen molar-refractivity contribution in [1.29, 1.82) is 0 Å². The number of hydrogen-bond donors (Lipinski definition) is 2. The molecule has 50 heavy (non-hydrogen) atoms. The van der Waals surface area contributed by atoms with Gasteiger partial charge in [-0.05, 0) is 107 Å². The number of ether oxygens (including phenoxy) is 2. The third-order valence-corrected chi connectivity index (χ3v) is 9.00. The third kappa shape index (κ3) is 10.3. The van der Waals surface area contributed by atoms with Gasteiger partial charge in [0.2, 0.25) is 17.7 Å². The Morgan fingerprint density at radius 2 is 1.62 bits per heavy atom. The molecule has 2 N–H and O–H groups in total. The number of para-hydroxylation sites is 1. The standard InChI is InChI=1S/C40H50N6O4/c1-5-46(6-2)36(47)21-20-31-16-11-19-34(26-31)50-39-35(38(48)43-37-29(3)14-10-15-30(37)4)28-41-40(44-39)42-32-17-12-18-33(27-32)49-25-13-24-45-22-8-7-9-23-45/h10-12,14-19,26-28H,5-9,13,20-25H2,1-4H3,(H,43,48)(H,41,42,44). The summed E-state index contributed by atoms with van der Waals surface area (Å²) < 4.78 is 12.4. The number of rotatable bonds is 16. The molecule has 1 aliphatic heterocycles. The Labute approximate surface area is 296 Å². The van der Waals surface area contributed by atoms with E-state index in [1.807, 2.05) is 99.3 Å². The van der Waals surface area contributed by atoms with Crippen LogP contribution in [-0.4, -0.2) is 70.9 Å². The summed E-state index contributed by atoms with van der Waals surface area (Å²) in [6.07, 6.45) is 7.32. The molecule has 3 aromatic carbocycles. The fourth-order valence-electron chi connectivity index (χ4n) is 6.17. The number of nitrogens with zero attached hydrogens (tertiary/aromatic N) is 4. The van der Waals surface area contributed by atoms with Crippen LogP contribution in [0.1, 0.15) is 73.0 Å². The predicted molar refractivity (Wildman–Crippen MR) is 199 cm³/mol. The molecule has 0 atom stereocenters. The zero-order valence-corrected chi connectivity index (χ0v) is 29.8. The summed E-state index contributed by atoms with van der Waals surface area (Å²) in [5.74, 6) is 1.36.